The second-order valence-corrected chi connectivity index (χ2v) is 4.99. The van der Waals surface area contributed by atoms with Crippen molar-refractivity contribution in [3.8, 4) is 11.5 Å². The lowest BCUT2D eigenvalue weighted by Crippen LogP contribution is -2.08. The van der Waals surface area contributed by atoms with E-state index in [1.54, 1.807) is 0 Å². The van der Waals surface area contributed by atoms with Crippen molar-refractivity contribution in [2.24, 2.45) is 5.73 Å². The number of hydrogen-bond donors (Lipinski definition) is 1. The topological polar surface area (TPSA) is 38.3 Å². The maximum Gasteiger partial charge on any atom is 0.127 e. The molecule has 3 atom stereocenters. The molecule has 3 nitrogen and oxygen atoms in total. The van der Waals surface area contributed by atoms with Crippen LogP contribution in [0.1, 0.15) is 5.56 Å². The Morgan fingerprint density at radius 3 is 2.42 bits per heavy atom. The summed E-state index contributed by atoms with van der Waals surface area (Å²) in [5.41, 5.74) is 7.18. The molecule has 1 aliphatic rings. The quantitative estimate of drug-likeness (QED) is 0.852. The summed E-state index contributed by atoms with van der Waals surface area (Å²) in [6, 6.07) is 18.5. The fourth-order valence-electron chi connectivity index (χ4n) is 2.30. The summed E-state index contributed by atoms with van der Waals surface area (Å²) in [5.74, 6) is 1.74. The van der Waals surface area contributed by atoms with Crippen LogP contribution in [0.15, 0.2) is 54.6 Å². The first-order chi connectivity index (χ1) is 9.24. The summed E-state index contributed by atoms with van der Waals surface area (Å²) in [6.45, 7) is 0. The molecule has 0 saturated carbocycles. The predicted molar refractivity (Wildman–Crippen MR) is 76.2 cm³/mol. The van der Waals surface area contributed by atoms with E-state index in [-0.39, 0.29) is 6.17 Å². The third kappa shape index (κ3) is 2.78. The molecule has 2 aromatic carbocycles. The Hall–Kier alpha value is -1.84. The summed E-state index contributed by atoms with van der Waals surface area (Å²) in [5, 5.41) is 0. The molecular formula is C16H18N2O. The van der Waals surface area contributed by atoms with Gasteiger partial charge in [0.1, 0.15) is 11.5 Å². The number of para-hydroxylation sites is 1. The van der Waals surface area contributed by atoms with E-state index in [1.807, 2.05) is 42.5 Å². The normalized spacial score (nSPS) is 25.1. The molecule has 0 bridgehead atoms. The highest BCUT2D eigenvalue weighted by Crippen LogP contribution is 2.27. The monoisotopic (exact) mass is 254 g/mol. The van der Waals surface area contributed by atoms with Crippen LogP contribution in [0.2, 0.25) is 0 Å². The maximum atomic E-state index is 5.91. The van der Waals surface area contributed by atoms with Crippen LogP contribution < -0.4 is 10.5 Å². The number of benzene rings is 2. The van der Waals surface area contributed by atoms with E-state index >= 15 is 0 Å². The highest BCUT2D eigenvalue weighted by atomic mass is 16.5. The van der Waals surface area contributed by atoms with E-state index in [4.69, 9.17) is 10.5 Å². The number of nitrogens with two attached hydrogens (primary N) is 1. The Balaban J connectivity index is 1.70. The van der Waals surface area contributed by atoms with E-state index in [2.05, 4.69) is 24.1 Å². The third-order valence-electron chi connectivity index (χ3n) is 3.62. The van der Waals surface area contributed by atoms with Gasteiger partial charge in [-0.15, -0.1) is 0 Å². The van der Waals surface area contributed by atoms with Gasteiger partial charge in [0.15, 0.2) is 0 Å². The summed E-state index contributed by atoms with van der Waals surface area (Å²) >= 11 is 0. The largest absolute Gasteiger partial charge is 0.457 e. The minimum atomic E-state index is 0.207. The SMILES string of the molecule is CN1C(N)C1Cc1cccc(Oc2ccccc2)c1. The number of rotatable bonds is 4. The summed E-state index contributed by atoms with van der Waals surface area (Å²) in [7, 11) is 2.06. The zero-order valence-electron chi connectivity index (χ0n) is 11.0. The number of nitrogens with zero attached hydrogens (tertiary/aromatic N) is 1. The second-order valence-electron chi connectivity index (χ2n) is 4.99. The molecule has 98 valence electrons. The van der Waals surface area contributed by atoms with Crippen LogP contribution in [0, 0.1) is 0 Å². The van der Waals surface area contributed by atoms with E-state index in [9.17, 15) is 0 Å². The third-order valence-corrected chi connectivity index (χ3v) is 3.62. The standard InChI is InChI=1S/C16H18N2O/c1-18-15(16(18)17)11-12-6-5-9-14(10-12)19-13-7-3-2-4-8-13/h2-10,15-16H,11,17H2,1H3. The van der Waals surface area contributed by atoms with Crippen LogP contribution in [-0.2, 0) is 6.42 Å². The van der Waals surface area contributed by atoms with Gasteiger partial charge >= 0.3 is 0 Å². The van der Waals surface area contributed by atoms with Crippen LogP contribution in [0.25, 0.3) is 0 Å². The minimum Gasteiger partial charge on any atom is -0.457 e. The average Bonchev–Trinajstić information content (AvgIpc) is 2.98. The summed E-state index contributed by atoms with van der Waals surface area (Å²) in [4.78, 5) is 2.17. The predicted octanol–water partition coefficient (Wildman–Crippen LogP) is 2.62. The lowest BCUT2D eigenvalue weighted by molar-refractivity contribution is 0.481. The van der Waals surface area contributed by atoms with Crippen LogP contribution >= 0.6 is 0 Å². The Labute approximate surface area is 113 Å². The van der Waals surface area contributed by atoms with Crippen molar-refractivity contribution in [3.63, 3.8) is 0 Å². The Bertz CT molecular complexity index is 548. The molecule has 1 saturated heterocycles. The molecule has 19 heavy (non-hydrogen) atoms. The highest BCUT2D eigenvalue weighted by molar-refractivity contribution is 5.34. The zero-order valence-corrected chi connectivity index (χ0v) is 11.0. The van der Waals surface area contributed by atoms with Crippen molar-refractivity contribution in [2.45, 2.75) is 18.6 Å². The van der Waals surface area contributed by atoms with Crippen molar-refractivity contribution in [2.75, 3.05) is 7.05 Å². The van der Waals surface area contributed by atoms with Crippen LogP contribution in [-0.4, -0.2) is 24.2 Å². The van der Waals surface area contributed by atoms with Crippen LogP contribution in [0.4, 0.5) is 0 Å². The van der Waals surface area contributed by atoms with E-state index in [0.29, 0.717) is 6.04 Å². The van der Waals surface area contributed by atoms with Crippen molar-refractivity contribution >= 4 is 0 Å². The molecule has 0 aliphatic carbocycles. The fourth-order valence-corrected chi connectivity index (χ4v) is 2.30. The van der Waals surface area contributed by atoms with Gasteiger partial charge in [0, 0.05) is 6.04 Å². The van der Waals surface area contributed by atoms with Crippen molar-refractivity contribution in [1.82, 2.24) is 4.90 Å². The second kappa shape index (κ2) is 5.03. The molecule has 3 unspecified atom stereocenters. The molecule has 1 fully saturated rings. The molecule has 0 aromatic heterocycles. The molecule has 2 aromatic rings. The Kier molecular flexibility index (Phi) is 3.23. The summed E-state index contributed by atoms with van der Waals surface area (Å²) in [6.07, 6.45) is 1.18. The Morgan fingerprint density at radius 2 is 1.74 bits per heavy atom. The molecule has 3 heteroatoms. The van der Waals surface area contributed by atoms with Gasteiger partial charge in [-0.2, -0.15) is 0 Å². The van der Waals surface area contributed by atoms with E-state index in [1.165, 1.54) is 5.56 Å². The molecule has 0 amide bonds. The van der Waals surface area contributed by atoms with Gasteiger partial charge < -0.3 is 10.5 Å². The molecule has 3 rings (SSSR count). The van der Waals surface area contributed by atoms with E-state index < -0.39 is 0 Å². The zero-order chi connectivity index (χ0) is 13.2. The maximum absolute atomic E-state index is 5.91. The fraction of sp³-hybridized carbons (Fsp3) is 0.250. The van der Waals surface area contributed by atoms with E-state index in [0.717, 1.165) is 17.9 Å². The highest BCUT2D eigenvalue weighted by Gasteiger charge is 2.40. The molecule has 1 aliphatic heterocycles. The van der Waals surface area contributed by atoms with Crippen LogP contribution in [0.3, 0.4) is 0 Å². The van der Waals surface area contributed by atoms with Gasteiger partial charge in [-0.3, -0.25) is 4.90 Å². The lowest BCUT2D eigenvalue weighted by Gasteiger charge is -2.07. The summed E-state index contributed by atoms with van der Waals surface area (Å²) < 4.78 is 5.83. The van der Waals surface area contributed by atoms with Gasteiger partial charge in [-0.1, -0.05) is 30.3 Å². The van der Waals surface area contributed by atoms with Crippen molar-refractivity contribution < 1.29 is 4.74 Å². The molecule has 2 N–H and O–H groups in total. The van der Waals surface area contributed by atoms with Gasteiger partial charge in [0.2, 0.25) is 0 Å². The molecular weight excluding hydrogens is 236 g/mol. The first-order valence-electron chi connectivity index (χ1n) is 6.53. The lowest BCUT2D eigenvalue weighted by atomic mass is 10.1. The molecule has 0 spiro atoms. The number of hydrogen-bond acceptors (Lipinski definition) is 3. The number of likely N-dealkylation sites (N-methyl/N-ethyl adjacent to an activating group) is 1. The average molecular weight is 254 g/mol. The van der Waals surface area contributed by atoms with Crippen LogP contribution in [0.5, 0.6) is 11.5 Å². The van der Waals surface area contributed by atoms with Gasteiger partial charge in [-0.25, -0.2) is 0 Å². The number of ether oxygens (including phenoxy) is 1. The van der Waals surface area contributed by atoms with Gasteiger partial charge in [0.25, 0.3) is 0 Å². The van der Waals surface area contributed by atoms with Crippen molar-refractivity contribution in [1.29, 1.82) is 0 Å². The Morgan fingerprint density at radius 1 is 1.05 bits per heavy atom. The molecule has 1 heterocycles. The smallest absolute Gasteiger partial charge is 0.127 e. The first kappa shape index (κ1) is 12.2. The van der Waals surface area contributed by atoms with Gasteiger partial charge in [0.05, 0.1) is 6.17 Å². The van der Waals surface area contributed by atoms with Crippen molar-refractivity contribution in [3.05, 3.63) is 60.2 Å². The first-order valence-corrected chi connectivity index (χ1v) is 6.53. The van der Waals surface area contributed by atoms with Gasteiger partial charge in [-0.05, 0) is 43.3 Å². The molecule has 0 radical (unpaired) electrons. The minimum absolute atomic E-state index is 0.207.